The first kappa shape index (κ1) is 14.5. The van der Waals surface area contributed by atoms with Crippen molar-refractivity contribution >= 4 is 17.3 Å². The number of non-ortho nitro benzene ring substituents is 1. The number of aromatic hydroxyl groups is 1. The number of rotatable bonds is 5. The fourth-order valence-electron chi connectivity index (χ4n) is 1.61. The number of nitro benzene ring substituents is 1. The Kier molecular flexibility index (Phi) is 4.14. The van der Waals surface area contributed by atoms with Gasteiger partial charge < -0.3 is 15.2 Å². The van der Waals surface area contributed by atoms with Crippen LogP contribution in [0.2, 0.25) is 0 Å². The number of aromatic nitrogens is 2. The van der Waals surface area contributed by atoms with Gasteiger partial charge in [0.2, 0.25) is 0 Å². The Morgan fingerprint density at radius 1 is 1.52 bits per heavy atom. The topological polar surface area (TPSA) is 120 Å². The molecule has 0 atom stereocenters. The molecule has 110 valence electrons. The van der Waals surface area contributed by atoms with Crippen LogP contribution in [0.25, 0.3) is 0 Å². The van der Waals surface area contributed by atoms with Crippen molar-refractivity contribution < 1.29 is 19.6 Å². The zero-order valence-electron chi connectivity index (χ0n) is 11.0. The molecule has 0 radical (unpaired) electrons. The summed E-state index contributed by atoms with van der Waals surface area (Å²) in [5.74, 6) is -0.942. The van der Waals surface area contributed by atoms with Gasteiger partial charge in [-0.25, -0.2) is 4.68 Å². The molecule has 0 saturated heterocycles. The Morgan fingerprint density at radius 3 is 2.90 bits per heavy atom. The van der Waals surface area contributed by atoms with E-state index in [0.717, 1.165) is 6.07 Å². The molecule has 0 bridgehead atoms. The third-order valence-corrected chi connectivity index (χ3v) is 2.58. The van der Waals surface area contributed by atoms with Gasteiger partial charge in [-0.3, -0.25) is 14.9 Å². The summed E-state index contributed by atoms with van der Waals surface area (Å²) in [5, 5.41) is 26.6. The van der Waals surface area contributed by atoms with Crippen molar-refractivity contribution in [3.05, 3.63) is 46.3 Å². The molecule has 1 aromatic heterocycles. The summed E-state index contributed by atoms with van der Waals surface area (Å²) in [4.78, 5) is 21.8. The molecule has 0 fully saturated rings. The Hall–Kier alpha value is -2.94. The molecule has 0 aliphatic carbocycles. The van der Waals surface area contributed by atoms with E-state index in [1.807, 2.05) is 0 Å². The summed E-state index contributed by atoms with van der Waals surface area (Å²) in [5.41, 5.74) is -0.0773. The lowest BCUT2D eigenvalue weighted by molar-refractivity contribution is -0.384. The van der Waals surface area contributed by atoms with Crippen LogP contribution in [0.15, 0.2) is 30.5 Å². The molecule has 2 aromatic rings. The van der Waals surface area contributed by atoms with Gasteiger partial charge in [0, 0.05) is 19.4 Å². The Bertz CT molecular complexity index is 682. The standard InChI is InChI=1S/C12H12N4O5/c1-21-7-15-5-4-10(14-15)12(18)13-9-3-2-8(16(19)20)6-11(9)17/h2-6,17H,7H2,1H3,(H,13,18). The molecule has 0 saturated carbocycles. The lowest BCUT2D eigenvalue weighted by Crippen LogP contribution is -2.13. The first-order valence-corrected chi connectivity index (χ1v) is 5.82. The molecule has 0 aliphatic rings. The summed E-state index contributed by atoms with van der Waals surface area (Å²) in [6, 6.07) is 4.87. The van der Waals surface area contributed by atoms with E-state index in [4.69, 9.17) is 4.74 Å². The predicted octanol–water partition coefficient (Wildman–Crippen LogP) is 1.35. The first-order valence-electron chi connectivity index (χ1n) is 5.82. The number of nitro groups is 1. The van der Waals surface area contributed by atoms with E-state index in [9.17, 15) is 20.0 Å². The van der Waals surface area contributed by atoms with Crippen LogP contribution in [0, 0.1) is 10.1 Å². The highest BCUT2D eigenvalue weighted by molar-refractivity contribution is 6.03. The molecule has 0 spiro atoms. The molecule has 1 heterocycles. The maximum Gasteiger partial charge on any atom is 0.276 e. The number of amides is 1. The quantitative estimate of drug-likeness (QED) is 0.487. The molecule has 2 rings (SSSR count). The van der Waals surface area contributed by atoms with Crippen LogP contribution in [-0.4, -0.2) is 32.8 Å². The third kappa shape index (κ3) is 3.34. The molecule has 2 N–H and O–H groups in total. The van der Waals surface area contributed by atoms with Crippen molar-refractivity contribution in [1.82, 2.24) is 9.78 Å². The van der Waals surface area contributed by atoms with E-state index in [-0.39, 0.29) is 23.8 Å². The van der Waals surface area contributed by atoms with Gasteiger partial charge in [0.05, 0.1) is 16.7 Å². The molecule has 0 aliphatic heterocycles. The van der Waals surface area contributed by atoms with Gasteiger partial charge in [-0.1, -0.05) is 0 Å². The zero-order valence-corrected chi connectivity index (χ0v) is 11.0. The van der Waals surface area contributed by atoms with Gasteiger partial charge in [0.25, 0.3) is 11.6 Å². The number of anilines is 1. The minimum atomic E-state index is -0.641. The molecule has 0 unspecified atom stereocenters. The van der Waals surface area contributed by atoms with E-state index in [0.29, 0.717) is 0 Å². The Labute approximate surface area is 118 Å². The number of phenolic OH excluding ortho intramolecular Hbond substituents is 1. The molecule has 1 aromatic carbocycles. The summed E-state index contributed by atoms with van der Waals surface area (Å²) < 4.78 is 6.28. The molecular weight excluding hydrogens is 280 g/mol. The van der Waals surface area contributed by atoms with E-state index in [1.165, 1.54) is 30.0 Å². The van der Waals surface area contributed by atoms with Gasteiger partial charge in [0.15, 0.2) is 5.69 Å². The highest BCUT2D eigenvalue weighted by Crippen LogP contribution is 2.28. The largest absolute Gasteiger partial charge is 0.506 e. The number of hydrogen-bond acceptors (Lipinski definition) is 6. The van der Waals surface area contributed by atoms with Crippen molar-refractivity contribution in [2.75, 3.05) is 12.4 Å². The second kappa shape index (κ2) is 6.01. The zero-order chi connectivity index (χ0) is 15.4. The Morgan fingerprint density at radius 2 is 2.29 bits per heavy atom. The predicted molar refractivity (Wildman–Crippen MR) is 72.0 cm³/mol. The van der Waals surface area contributed by atoms with Crippen LogP contribution in [-0.2, 0) is 11.5 Å². The number of methoxy groups -OCH3 is 1. The maximum atomic E-state index is 11.9. The monoisotopic (exact) mass is 292 g/mol. The summed E-state index contributed by atoms with van der Waals surface area (Å²) in [7, 11) is 1.50. The van der Waals surface area contributed by atoms with Crippen LogP contribution in [0.1, 0.15) is 10.5 Å². The number of nitrogens with zero attached hydrogens (tertiary/aromatic N) is 3. The van der Waals surface area contributed by atoms with E-state index >= 15 is 0 Å². The fraction of sp³-hybridized carbons (Fsp3) is 0.167. The number of phenols is 1. The molecule has 9 heteroatoms. The highest BCUT2D eigenvalue weighted by Gasteiger charge is 2.14. The third-order valence-electron chi connectivity index (χ3n) is 2.58. The summed E-state index contributed by atoms with van der Waals surface area (Å²) in [6.45, 7) is 0.204. The van der Waals surface area contributed by atoms with Crippen molar-refractivity contribution in [1.29, 1.82) is 0 Å². The molecular formula is C12H12N4O5. The van der Waals surface area contributed by atoms with E-state index < -0.39 is 16.6 Å². The lowest BCUT2D eigenvalue weighted by atomic mass is 10.2. The number of carbonyl (C=O) groups is 1. The van der Waals surface area contributed by atoms with Crippen molar-refractivity contribution in [2.45, 2.75) is 6.73 Å². The van der Waals surface area contributed by atoms with Gasteiger partial charge in [-0.2, -0.15) is 5.10 Å². The number of nitrogens with one attached hydrogen (secondary N) is 1. The number of ether oxygens (including phenoxy) is 1. The second-order valence-electron chi connectivity index (χ2n) is 4.07. The number of benzene rings is 1. The van der Waals surface area contributed by atoms with Crippen LogP contribution in [0.5, 0.6) is 5.75 Å². The Balaban J connectivity index is 2.13. The highest BCUT2D eigenvalue weighted by atomic mass is 16.6. The molecule has 1 amide bonds. The van der Waals surface area contributed by atoms with Crippen molar-refractivity contribution in [3.63, 3.8) is 0 Å². The van der Waals surface area contributed by atoms with Crippen LogP contribution < -0.4 is 5.32 Å². The molecule has 9 nitrogen and oxygen atoms in total. The number of carbonyl (C=O) groups excluding carboxylic acids is 1. The van der Waals surface area contributed by atoms with Gasteiger partial charge in [0.1, 0.15) is 12.5 Å². The average molecular weight is 292 g/mol. The SMILES string of the molecule is COCn1ccc(C(=O)Nc2ccc([N+](=O)[O-])cc2O)n1. The minimum Gasteiger partial charge on any atom is -0.506 e. The molecule has 21 heavy (non-hydrogen) atoms. The van der Waals surface area contributed by atoms with Crippen molar-refractivity contribution in [2.24, 2.45) is 0 Å². The average Bonchev–Trinajstić information content (AvgIpc) is 2.90. The van der Waals surface area contributed by atoms with Crippen molar-refractivity contribution in [3.8, 4) is 5.75 Å². The van der Waals surface area contributed by atoms with Gasteiger partial charge in [-0.15, -0.1) is 0 Å². The minimum absolute atomic E-state index is 0.0619. The lowest BCUT2D eigenvalue weighted by Gasteiger charge is -2.05. The van der Waals surface area contributed by atoms with Gasteiger partial charge in [-0.05, 0) is 12.1 Å². The van der Waals surface area contributed by atoms with Crippen LogP contribution in [0.3, 0.4) is 0 Å². The summed E-state index contributed by atoms with van der Waals surface area (Å²) >= 11 is 0. The maximum absolute atomic E-state index is 11.9. The van der Waals surface area contributed by atoms with E-state index in [1.54, 1.807) is 6.20 Å². The van der Waals surface area contributed by atoms with E-state index in [2.05, 4.69) is 10.4 Å². The second-order valence-corrected chi connectivity index (χ2v) is 4.07. The van der Waals surface area contributed by atoms with Gasteiger partial charge >= 0.3 is 0 Å². The fourth-order valence-corrected chi connectivity index (χ4v) is 1.61. The first-order chi connectivity index (χ1) is 10.0. The van der Waals surface area contributed by atoms with Crippen LogP contribution >= 0.6 is 0 Å². The number of hydrogen-bond donors (Lipinski definition) is 2. The van der Waals surface area contributed by atoms with Crippen LogP contribution in [0.4, 0.5) is 11.4 Å². The normalized spacial score (nSPS) is 10.3. The smallest absolute Gasteiger partial charge is 0.276 e. The summed E-state index contributed by atoms with van der Waals surface area (Å²) in [6.07, 6.45) is 1.56.